The molecule has 4 heterocycles. The van der Waals surface area contributed by atoms with Crippen molar-refractivity contribution in [2.45, 2.75) is 20.4 Å². The summed E-state index contributed by atoms with van der Waals surface area (Å²) in [5, 5.41) is 3.62. The number of benzene rings is 1. The molecule has 0 aliphatic carbocycles. The lowest BCUT2D eigenvalue weighted by atomic mass is 10.1. The van der Waals surface area contributed by atoms with Crippen LogP contribution >= 0.6 is 0 Å². The van der Waals surface area contributed by atoms with Crippen LogP contribution in [0.1, 0.15) is 19.5 Å². The number of carbonyl (C=O) groups is 1. The van der Waals surface area contributed by atoms with Gasteiger partial charge in [-0.3, -0.25) is 4.79 Å². The largest absolute Gasteiger partial charge is 0.378 e. The molecule has 9 heteroatoms. The highest BCUT2D eigenvalue weighted by atomic mass is 19.1. The number of ether oxygens (including phenoxy) is 1. The molecule has 0 saturated carbocycles. The van der Waals surface area contributed by atoms with E-state index in [-0.39, 0.29) is 17.6 Å². The van der Waals surface area contributed by atoms with Crippen molar-refractivity contribution in [2.75, 3.05) is 31.2 Å². The smallest absolute Gasteiger partial charge is 0.222 e. The molecule has 1 aliphatic heterocycles. The Morgan fingerprint density at radius 1 is 1.15 bits per heavy atom. The predicted octanol–water partition coefficient (Wildman–Crippen LogP) is 3.42. The summed E-state index contributed by atoms with van der Waals surface area (Å²) in [5.41, 5.74) is 3.13. The van der Waals surface area contributed by atoms with Crippen LogP contribution in [0.4, 0.5) is 10.2 Å². The second kappa shape index (κ2) is 8.74. The normalized spacial score (nSPS) is 14.4. The third kappa shape index (κ3) is 4.11. The fraction of sp³-hybridized carbons (Fsp3) is 0.333. The third-order valence-corrected chi connectivity index (χ3v) is 5.77. The van der Waals surface area contributed by atoms with Gasteiger partial charge in [0.05, 0.1) is 36.5 Å². The molecule has 1 amide bonds. The number of morpholine rings is 1. The highest BCUT2D eigenvalue weighted by molar-refractivity contribution is 5.96. The maximum Gasteiger partial charge on any atom is 0.222 e. The Morgan fingerprint density at radius 2 is 1.97 bits per heavy atom. The van der Waals surface area contributed by atoms with Gasteiger partial charge in [-0.2, -0.15) is 0 Å². The number of nitrogens with zero attached hydrogens (tertiary/aromatic N) is 4. The number of aromatic nitrogens is 4. The summed E-state index contributed by atoms with van der Waals surface area (Å²) >= 11 is 0. The SMILES string of the molecule is CC(C)C(=O)NCc1ccc2nc(-c3c(F)ccc4[nH]ccc34)nc(N3CCOCC3)c2n1. The molecule has 170 valence electrons. The summed E-state index contributed by atoms with van der Waals surface area (Å²) in [4.78, 5) is 31.5. The third-order valence-electron chi connectivity index (χ3n) is 5.77. The number of aromatic amines is 1. The van der Waals surface area contributed by atoms with E-state index in [2.05, 4.69) is 20.2 Å². The highest BCUT2D eigenvalue weighted by Crippen LogP contribution is 2.32. The standard InChI is InChI=1S/C24H25FN6O2/c1-14(2)24(32)27-13-15-3-5-19-21(28-15)23(31-9-11-33-12-10-31)30-22(29-19)20-16-7-8-26-18(16)6-4-17(20)25/h3-8,14,26H,9-13H2,1-2H3,(H,27,32). The Morgan fingerprint density at radius 3 is 2.76 bits per heavy atom. The summed E-state index contributed by atoms with van der Waals surface area (Å²) < 4.78 is 20.5. The first-order valence-corrected chi connectivity index (χ1v) is 11.1. The van der Waals surface area contributed by atoms with Crippen molar-refractivity contribution in [1.82, 2.24) is 25.3 Å². The van der Waals surface area contributed by atoms with E-state index in [1.165, 1.54) is 6.07 Å². The average Bonchev–Trinajstić information content (AvgIpc) is 3.31. The molecule has 8 nitrogen and oxygen atoms in total. The zero-order chi connectivity index (χ0) is 22.9. The number of hydrogen-bond acceptors (Lipinski definition) is 6. The molecular formula is C24H25FN6O2. The second-order valence-corrected chi connectivity index (χ2v) is 8.37. The minimum absolute atomic E-state index is 0.0352. The summed E-state index contributed by atoms with van der Waals surface area (Å²) in [6.45, 7) is 6.46. The predicted molar refractivity (Wildman–Crippen MR) is 124 cm³/mol. The molecule has 0 radical (unpaired) electrons. The number of amides is 1. The van der Waals surface area contributed by atoms with Crippen molar-refractivity contribution in [2.24, 2.45) is 5.92 Å². The Labute approximate surface area is 190 Å². The van der Waals surface area contributed by atoms with E-state index >= 15 is 0 Å². The minimum Gasteiger partial charge on any atom is -0.378 e. The molecule has 1 aromatic carbocycles. The van der Waals surface area contributed by atoms with E-state index in [1.54, 1.807) is 12.3 Å². The number of nitrogens with one attached hydrogen (secondary N) is 2. The molecule has 0 bridgehead atoms. The molecule has 33 heavy (non-hydrogen) atoms. The van der Waals surface area contributed by atoms with Gasteiger partial charge in [0.1, 0.15) is 11.3 Å². The molecule has 0 spiro atoms. The van der Waals surface area contributed by atoms with Crippen molar-refractivity contribution < 1.29 is 13.9 Å². The Bertz CT molecular complexity index is 1330. The van der Waals surface area contributed by atoms with Crippen molar-refractivity contribution >= 4 is 33.7 Å². The van der Waals surface area contributed by atoms with Gasteiger partial charge in [-0.15, -0.1) is 0 Å². The molecule has 1 aliphatic rings. The minimum atomic E-state index is -0.379. The van der Waals surface area contributed by atoms with E-state index in [4.69, 9.17) is 14.7 Å². The number of carbonyl (C=O) groups excluding carboxylic acids is 1. The van der Waals surface area contributed by atoms with Gasteiger partial charge in [-0.25, -0.2) is 19.3 Å². The number of hydrogen-bond donors (Lipinski definition) is 2. The summed E-state index contributed by atoms with van der Waals surface area (Å²) in [6, 6.07) is 8.64. The molecule has 0 atom stereocenters. The Hall–Kier alpha value is -3.59. The first-order chi connectivity index (χ1) is 16.0. The van der Waals surface area contributed by atoms with Crippen LogP contribution in [0.15, 0.2) is 36.5 Å². The molecule has 0 unspecified atom stereocenters. The summed E-state index contributed by atoms with van der Waals surface area (Å²) in [7, 11) is 0. The second-order valence-electron chi connectivity index (χ2n) is 8.37. The zero-order valence-electron chi connectivity index (χ0n) is 18.6. The lowest BCUT2D eigenvalue weighted by Crippen LogP contribution is -2.37. The van der Waals surface area contributed by atoms with Gasteiger partial charge < -0.3 is 19.9 Å². The lowest BCUT2D eigenvalue weighted by Gasteiger charge is -2.28. The number of pyridine rings is 1. The fourth-order valence-corrected chi connectivity index (χ4v) is 3.96. The molecule has 3 aromatic heterocycles. The Kier molecular flexibility index (Phi) is 5.63. The Balaban J connectivity index is 1.63. The molecule has 1 fully saturated rings. The van der Waals surface area contributed by atoms with Crippen molar-refractivity contribution in [3.63, 3.8) is 0 Å². The number of H-pyrrole nitrogens is 1. The first kappa shape index (κ1) is 21.3. The van der Waals surface area contributed by atoms with Crippen molar-refractivity contribution in [3.05, 3.63) is 48.0 Å². The van der Waals surface area contributed by atoms with Crippen LogP contribution in [0.2, 0.25) is 0 Å². The molecule has 1 saturated heterocycles. The monoisotopic (exact) mass is 448 g/mol. The van der Waals surface area contributed by atoms with E-state index in [1.807, 2.05) is 32.0 Å². The number of halogens is 1. The number of anilines is 1. The van der Waals surface area contributed by atoms with E-state index in [0.717, 1.165) is 10.9 Å². The molecule has 2 N–H and O–H groups in total. The first-order valence-electron chi connectivity index (χ1n) is 11.1. The van der Waals surface area contributed by atoms with Crippen molar-refractivity contribution in [3.8, 4) is 11.4 Å². The van der Waals surface area contributed by atoms with Gasteiger partial charge in [0.15, 0.2) is 11.6 Å². The van der Waals surface area contributed by atoms with Crippen LogP contribution in [0.25, 0.3) is 33.3 Å². The van der Waals surface area contributed by atoms with Crippen LogP contribution < -0.4 is 10.2 Å². The van der Waals surface area contributed by atoms with Crippen LogP contribution in [-0.4, -0.2) is 52.1 Å². The average molecular weight is 449 g/mol. The van der Waals surface area contributed by atoms with Gasteiger partial charge in [0.2, 0.25) is 5.91 Å². The fourth-order valence-electron chi connectivity index (χ4n) is 3.96. The van der Waals surface area contributed by atoms with E-state index < -0.39 is 0 Å². The van der Waals surface area contributed by atoms with Gasteiger partial charge in [-0.05, 0) is 30.3 Å². The molecule has 5 rings (SSSR count). The molecular weight excluding hydrogens is 423 g/mol. The van der Waals surface area contributed by atoms with Gasteiger partial charge in [-0.1, -0.05) is 13.8 Å². The zero-order valence-corrected chi connectivity index (χ0v) is 18.6. The maximum atomic E-state index is 15.0. The number of rotatable bonds is 5. The van der Waals surface area contributed by atoms with Crippen LogP contribution in [0.3, 0.4) is 0 Å². The maximum absolute atomic E-state index is 15.0. The summed E-state index contributed by atoms with van der Waals surface area (Å²) in [6.07, 6.45) is 1.77. The number of fused-ring (bicyclic) bond motifs is 2. The summed E-state index contributed by atoms with van der Waals surface area (Å²) in [5.74, 6) is 0.435. The quantitative estimate of drug-likeness (QED) is 0.486. The molecule has 4 aromatic rings. The topological polar surface area (TPSA) is 96.0 Å². The van der Waals surface area contributed by atoms with Gasteiger partial charge in [0, 0.05) is 36.1 Å². The van der Waals surface area contributed by atoms with Gasteiger partial charge in [0.25, 0.3) is 0 Å². The lowest BCUT2D eigenvalue weighted by molar-refractivity contribution is -0.124. The van der Waals surface area contributed by atoms with E-state index in [0.29, 0.717) is 66.8 Å². The highest BCUT2D eigenvalue weighted by Gasteiger charge is 2.22. The van der Waals surface area contributed by atoms with Crippen molar-refractivity contribution in [1.29, 1.82) is 0 Å². The van der Waals surface area contributed by atoms with Gasteiger partial charge >= 0.3 is 0 Å². The van der Waals surface area contributed by atoms with Crippen LogP contribution in [-0.2, 0) is 16.1 Å². The van der Waals surface area contributed by atoms with Crippen LogP contribution in [0, 0.1) is 11.7 Å². The van der Waals surface area contributed by atoms with E-state index in [9.17, 15) is 9.18 Å². The van der Waals surface area contributed by atoms with Crippen LogP contribution in [0.5, 0.6) is 0 Å².